The Bertz CT molecular complexity index is 1260. The van der Waals surface area contributed by atoms with Crippen LogP contribution < -0.4 is 10.1 Å². The fraction of sp³-hybridized carbons (Fsp3) is 0.0833. The lowest BCUT2D eigenvalue weighted by Crippen LogP contribution is -2.11. The van der Waals surface area contributed by atoms with Gasteiger partial charge in [-0.3, -0.25) is 9.59 Å². The highest BCUT2D eigenvalue weighted by molar-refractivity contribution is 6.31. The van der Waals surface area contributed by atoms with Gasteiger partial charge in [0.1, 0.15) is 11.3 Å². The van der Waals surface area contributed by atoms with Crippen molar-refractivity contribution in [1.82, 2.24) is 0 Å². The predicted molar refractivity (Wildman–Crippen MR) is 117 cm³/mol. The second-order valence-electron chi connectivity index (χ2n) is 6.79. The topological polar surface area (TPSA) is 68.5 Å². The molecule has 6 heteroatoms. The number of ether oxygens (including phenoxy) is 1. The Kier molecular flexibility index (Phi) is 5.29. The largest absolute Gasteiger partial charge is 0.497 e. The number of hydrogen-bond acceptors (Lipinski definition) is 4. The molecule has 0 aliphatic carbocycles. The van der Waals surface area contributed by atoms with Gasteiger partial charge in [-0.05, 0) is 67.6 Å². The summed E-state index contributed by atoms with van der Waals surface area (Å²) in [4.78, 5) is 25.4. The van der Waals surface area contributed by atoms with Crippen LogP contribution in [0.5, 0.6) is 5.75 Å². The van der Waals surface area contributed by atoms with Crippen LogP contribution >= 0.6 is 11.6 Å². The minimum atomic E-state index is -0.271. The molecule has 3 aromatic carbocycles. The second-order valence-corrected chi connectivity index (χ2v) is 7.23. The van der Waals surface area contributed by atoms with E-state index < -0.39 is 0 Å². The number of nitrogens with one attached hydrogen (secondary N) is 1. The standard InChI is InChI=1S/C24H18ClNO4/c1-14-20-13-18(26-24(28)16-4-3-5-17(25)12-16)8-11-21(20)30-23(14)22(27)15-6-9-19(29-2)10-7-15/h3-13H,1-2H3,(H,26,28). The molecule has 4 aromatic rings. The number of carbonyl (C=O) groups excluding carboxylic acids is 2. The highest BCUT2D eigenvalue weighted by atomic mass is 35.5. The molecule has 0 spiro atoms. The molecule has 0 fully saturated rings. The maximum Gasteiger partial charge on any atom is 0.255 e. The van der Waals surface area contributed by atoms with E-state index in [0.29, 0.717) is 38.7 Å². The van der Waals surface area contributed by atoms with E-state index >= 15 is 0 Å². The zero-order valence-electron chi connectivity index (χ0n) is 16.4. The van der Waals surface area contributed by atoms with Crippen LogP contribution in [0.15, 0.2) is 71.1 Å². The molecule has 0 saturated heterocycles. The van der Waals surface area contributed by atoms with Crippen LogP contribution in [0, 0.1) is 6.92 Å². The summed E-state index contributed by atoms with van der Waals surface area (Å²) in [6, 6.07) is 18.8. The minimum Gasteiger partial charge on any atom is -0.497 e. The fourth-order valence-electron chi connectivity index (χ4n) is 3.22. The Morgan fingerprint density at radius 1 is 0.967 bits per heavy atom. The van der Waals surface area contributed by atoms with Crippen molar-refractivity contribution in [1.29, 1.82) is 0 Å². The number of amides is 1. The molecule has 30 heavy (non-hydrogen) atoms. The average Bonchev–Trinajstić information content (AvgIpc) is 3.09. The van der Waals surface area contributed by atoms with E-state index in [-0.39, 0.29) is 17.5 Å². The van der Waals surface area contributed by atoms with Gasteiger partial charge in [0.25, 0.3) is 5.91 Å². The van der Waals surface area contributed by atoms with Gasteiger partial charge < -0.3 is 14.5 Å². The molecule has 150 valence electrons. The summed E-state index contributed by atoms with van der Waals surface area (Å²) in [5, 5.41) is 4.10. The van der Waals surface area contributed by atoms with E-state index in [1.54, 1.807) is 73.8 Å². The molecular formula is C24H18ClNO4. The number of methoxy groups -OCH3 is 1. The maximum atomic E-state index is 12.9. The van der Waals surface area contributed by atoms with Crippen molar-refractivity contribution in [2.75, 3.05) is 12.4 Å². The normalized spacial score (nSPS) is 10.8. The molecule has 1 heterocycles. The van der Waals surface area contributed by atoms with Crippen LogP contribution in [-0.4, -0.2) is 18.8 Å². The lowest BCUT2D eigenvalue weighted by Gasteiger charge is -2.05. The highest BCUT2D eigenvalue weighted by Gasteiger charge is 2.20. The highest BCUT2D eigenvalue weighted by Crippen LogP contribution is 2.30. The van der Waals surface area contributed by atoms with Crippen molar-refractivity contribution in [3.8, 4) is 5.75 Å². The zero-order chi connectivity index (χ0) is 21.3. The van der Waals surface area contributed by atoms with Crippen molar-refractivity contribution < 1.29 is 18.7 Å². The van der Waals surface area contributed by atoms with Gasteiger partial charge in [-0.15, -0.1) is 0 Å². The van der Waals surface area contributed by atoms with Crippen LogP contribution in [0.25, 0.3) is 11.0 Å². The molecule has 1 aromatic heterocycles. The molecule has 1 N–H and O–H groups in total. The van der Waals surface area contributed by atoms with Gasteiger partial charge in [0.2, 0.25) is 5.78 Å². The Balaban J connectivity index is 1.63. The molecular weight excluding hydrogens is 402 g/mol. The van der Waals surface area contributed by atoms with Gasteiger partial charge in [-0.1, -0.05) is 17.7 Å². The molecule has 4 rings (SSSR count). The molecule has 0 bridgehead atoms. The summed E-state index contributed by atoms with van der Waals surface area (Å²) in [5.74, 6) is 0.463. The molecule has 0 atom stereocenters. The smallest absolute Gasteiger partial charge is 0.255 e. The first-order valence-electron chi connectivity index (χ1n) is 9.25. The van der Waals surface area contributed by atoms with Gasteiger partial charge in [-0.25, -0.2) is 0 Å². The van der Waals surface area contributed by atoms with E-state index in [2.05, 4.69) is 5.32 Å². The molecule has 5 nitrogen and oxygen atoms in total. The Morgan fingerprint density at radius 3 is 2.43 bits per heavy atom. The molecule has 0 aliphatic rings. The van der Waals surface area contributed by atoms with Crippen LogP contribution in [-0.2, 0) is 0 Å². The van der Waals surface area contributed by atoms with Crippen LogP contribution in [0.2, 0.25) is 5.02 Å². The summed E-state index contributed by atoms with van der Waals surface area (Å²) < 4.78 is 11.0. The van der Waals surface area contributed by atoms with Crippen molar-refractivity contribution in [2.45, 2.75) is 6.92 Å². The van der Waals surface area contributed by atoms with Gasteiger partial charge in [0, 0.05) is 32.8 Å². The number of ketones is 1. The summed E-state index contributed by atoms with van der Waals surface area (Å²) in [7, 11) is 1.57. The van der Waals surface area contributed by atoms with E-state index in [1.807, 2.05) is 6.92 Å². The van der Waals surface area contributed by atoms with Gasteiger partial charge in [0.15, 0.2) is 5.76 Å². The lowest BCUT2D eigenvalue weighted by atomic mass is 10.0. The minimum absolute atomic E-state index is 0.212. The van der Waals surface area contributed by atoms with E-state index in [9.17, 15) is 9.59 Å². The number of hydrogen-bond donors (Lipinski definition) is 1. The predicted octanol–water partition coefficient (Wildman–Crippen LogP) is 5.89. The summed E-state index contributed by atoms with van der Waals surface area (Å²) in [6.45, 7) is 1.82. The molecule has 1 amide bonds. The number of anilines is 1. The van der Waals surface area contributed by atoms with E-state index in [4.69, 9.17) is 20.8 Å². The molecule has 0 radical (unpaired) electrons. The first-order chi connectivity index (χ1) is 14.5. The van der Waals surface area contributed by atoms with Crippen molar-refractivity contribution >= 4 is 39.9 Å². The van der Waals surface area contributed by atoms with Crippen molar-refractivity contribution in [2.24, 2.45) is 0 Å². The van der Waals surface area contributed by atoms with Gasteiger partial charge >= 0.3 is 0 Å². The average molecular weight is 420 g/mol. The number of rotatable bonds is 5. The van der Waals surface area contributed by atoms with E-state index in [0.717, 1.165) is 5.39 Å². The number of furan rings is 1. The molecule has 0 aliphatic heterocycles. The quantitative estimate of drug-likeness (QED) is 0.410. The lowest BCUT2D eigenvalue weighted by molar-refractivity contribution is 0.101. The number of halogens is 1. The number of benzene rings is 3. The fourth-order valence-corrected chi connectivity index (χ4v) is 3.41. The summed E-state index contributed by atoms with van der Waals surface area (Å²) >= 11 is 5.96. The Labute approximate surface area is 178 Å². The third-order valence-electron chi connectivity index (χ3n) is 4.84. The first-order valence-corrected chi connectivity index (χ1v) is 9.63. The Hall–Kier alpha value is -3.57. The first kappa shape index (κ1) is 19.7. The van der Waals surface area contributed by atoms with Crippen LogP contribution in [0.3, 0.4) is 0 Å². The maximum absolute atomic E-state index is 12.9. The second kappa shape index (κ2) is 8.05. The van der Waals surface area contributed by atoms with Crippen LogP contribution in [0.1, 0.15) is 32.0 Å². The van der Waals surface area contributed by atoms with Crippen molar-refractivity contribution in [3.05, 3.63) is 94.2 Å². The summed E-state index contributed by atoms with van der Waals surface area (Å²) in [5.41, 5.74) is 2.85. The van der Waals surface area contributed by atoms with Crippen LogP contribution in [0.4, 0.5) is 5.69 Å². The van der Waals surface area contributed by atoms with Crippen molar-refractivity contribution in [3.63, 3.8) is 0 Å². The SMILES string of the molecule is COc1ccc(C(=O)c2oc3ccc(NC(=O)c4cccc(Cl)c4)cc3c2C)cc1. The Morgan fingerprint density at radius 2 is 1.73 bits per heavy atom. The third kappa shape index (κ3) is 3.80. The number of carbonyl (C=O) groups is 2. The third-order valence-corrected chi connectivity index (χ3v) is 5.07. The van der Waals surface area contributed by atoms with Gasteiger partial charge in [0.05, 0.1) is 7.11 Å². The molecule has 0 saturated carbocycles. The number of fused-ring (bicyclic) bond motifs is 1. The monoisotopic (exact) mass is 419 g/mol. The zero-order valence-corrected chi connectivity index (χ0v) is 17.1. The van der Waals surface area contributed by atoms with Gasteiger partial charge in [-0.2, -0.15) is 0 Å². The molecule has 0 unspecified atom stereocenters. The van der Waals surface area contributed by atoms with E-state index in [1.165, 1.54) is 0 Å². The number of aryl methyl sites for hydroxylation is 1. The summed E-state index contributed by atoms with van der Waals surface area (Å²) in [6.07, 6.45) is 0.